The summed E-state index contributed by atoms with van der Waals surface area (Å²) in [5, 5.41) is 2.73. The van der Waals surface area contributed by atoms with Gasteiger partial charge in [-0.2, -0.15) is 0 Å². The van der Waals surface area contributed by atoms with Gasteiger partial charge in [0.15, 0.2) is 0 Å². The molecular weight excluding hydrogens is 296 g/mol. The fourth-order valence-corrected chi connectivity index (χ4v) is 2.64. The highest BCUT2D eigenvalue weighted by molar-refractivity contribution is 5.80. The highest BCUT2D eigenvalue weighted by Gasteiger charge is 2.18. The average molecular weight is 314 g/mol. The molecule has 2 aromatic rings. The molecule has 1 aliphatic rings. The third-order valence-corrected chi connectivity index (χ3v) is 3.91. The van der Waals surface area contributed by atoms with Crippen LogP contribution in [-0.2, 0) is 16.0 Å². The van der Waals surface area contributed by atoms with Crippen LogP contribution in [0.3, 0.4) is 0 Å². The van der Waals surface area contributed by atoms with Crippen LogP contribution in [0.2, 0.25) is 0 Å². The number of fused-ring (bicyclic) bond motifs is 1. The molecule has 23 heavy (non-hydrogen) atoms. The van der Waals surface area contributed by atoms with Gasteiger partial charge in [-0.1, -0.05) is 12.1 Å². The number of amides is 2. The maximum Gasteiger partial charge on any atom is 0.270 e. The summed E-state index contributed by atoms with van der Waals surface area (Å²) in [6, 6.07) is 7.30. The zero-order valence-corrected chi connectivity index (χ0v) is 12.7. The molecule has 1 aromatic carbocycles. The molecule has 3 rings (SSSR count). The van der Waals surface area contributed by atoms with E-state index in [0.29, 0.717) is 42.8 Å². The van der Waals surface area contributed by atoms with Gasteiger partial charge >= 0.3 is 0 Å². The molecule has 1 fully saturated rings. The van der Waals surface area contributed by atoms with Gasteiger partial charge in [0.1, 0.15) is 5.69 Å². The zero-order chi connectivity index (χ0) is 16.2. The molecule has 1 aromatic heterocycles. The van der Waals surface area contributed by atoms with Crippen LogP contribution in [0.15, 0.2) is 29.1 Å². The number of rotatable bonds is 3. The molecule has 0 radical (unpaired) electrons. The lowest BCUT2D eigenvalue weighted by Crippen LogP contribution is -2.34. The third-order valence-electron chi connectivity index (χ3n) is 3.91. The first-order valence-electron chi connectivity index (χ1n) is 7.66. The Morgan fingerprint density at radius 2 is 2.04 bits per heavy atom. The molecule has 0 spiro atoms. The second kappa shape index (κ2) is 6.60. The maximum absolute atomic E-state index is 12.3. The fourth-order valence-electron chi connectivity index (χ4n) is 2.64. The first-order valence-corrected chi connectivity index (χ1v) is 7.66. The molecule has 0 bridgehead atoms. The van der Waals surface area contributed by atoms with E-state index in [2.05, 4.69) is 15.3 Å². The monoisotopic (exact) mass is 314 g/mol. The summed E-state index contributed by atoms with van der Waals surface area (Å²) < 4.78 is 0. The van der Waals surface area contributed by atoms with Gasteiger partial charge in [0, 0.05) is 38.9 Å². The van der Waals surface area contributed by atoms with E-state index < -0.39 is 0 Å². The van der Waals surface area contributed by atoms with Crippen LogP contribution in [0.1, 0.15) is 18.5 Å². The number of nitrogens with zero attached hydrogens (tertiary/aromatic N) is 2. The van der Waals surface area contributed by atoms with Gasteiger partial charge < -0.3 is 15.2 Å². The van der Waals surface area contributed by atoms with Crippen LogP contribution < -0.4 is 10.9 Å². The molecule has 7 heteroatoms. The molecule has 0 aliphatic carbocycles. The minimum absolute atomic E-state index is 0.0343. The number of nitrogens with one attached hydrogen (secondary N) is 2. The van der Waals surface area contributed by atoms with Crippen LogP contribution in [0, 0.1) is 0 Å². The standard InChI is InChI=1S/C16H18N4O3/c21-14-7-9-20(10-8-17-14)15(22)6-5-13-16(23)19-12-4-2-1-3-11(12)18-13/h1-4H,5-10H2,(H,17,21)(H,19,23). The summed E-state index contributed by atoms with van der Waals surface area (Å²) >= 11 is 0. The zero-order valence-electron chi connectivity index (χ0n) is 12.7. The van der Waals surface area contributed by atoms with Crippen molar-refractivity contribution >= 4 is 22.8 Å². The number of aryl methyl sites for hydroxylation is 1. The Balaban J connectivity index is 1.68. The van der Waals surface area contributed by atoms with Crippen molar-refractivity contribution in [2.24, 2.45) is 0 Å². The van der Waals surface area contributed by atoms with E-state index in [0.717, 1.165) is 0 Å². The quantitative estimate of drug-likeness (QED) is 0.846. The van der Waals surface area contributed by atoms with Crippen LogP contribution in [-0.4, -0.2) is 46.3 Å². The van der Waals surface area contributed by atoms with Gasteiger partial charge in [-0.05, 0) is 12.1 Å². The van der Waals surface area contributed by atoms with Gasteiger partial charge in [0.05, 0.1) is 11.0 Å². The van der Waals surface area contributed by atoms with Crippen molar-refractivity contribution in [1.29, 1.82) is 0 Å². The second-order valence-electron chi connectivity index (χ2n) is 5.51. The van der Waals surface area contributed by atoms with Crippen molar-refractivity contribution in [2.75, 3.05) is 19.6 Å². The Morgan fingerprint density at radius 3 is 2.91 bits per heavy atom. The number of hydrogen-bond donors (Lipinski definition) is 2. The molecule has 0 unspecified atom stereocenters. The van der Waals surface area contributed by atoms with Crippen molar-refractivity contribution in [1.82, 2.24) is 20.2 Å². The molecule has 1 aliphatic heterocycles. The molecule has 120 valence electrons. The molecule has 0 atom stereocenters. The minimum Gasteiger partial charge on any atom is -0.354 e. The van der Waals surface area contributed by atoms with Gasteiger partial charge in [-0.15, -0.1) is 0 Å². The normalized spacial score (nSPS) is 15.3. The Kier molecular flexibility index (Phi) is 4.36. The van der Waals surface area contributed by atoms with Gasteiger partial charge in [-0.25, -0.2) is 4.98 Å². The lowest BCUT2D eigenvalue weighted by atomic mass is 10.2. The van der Waals surface area contributed by atoms with E-state index in [1.807, 2.05) is 18.2 Å². The first-order chi connectivity index (χ1) is 11.1. The third kappa shape index (κ3) is 3.56. The van der Waals surface area contributed by atoms with Gasteiger partial charge in [0.2, 0.25) is 11.8 Å². The van der Waals surface area contributed by atoms with E-state index in [9.17, 15) is 14.4 Å². The average Bonchev–Trinajstić information content (AvgIpc) is 2.77. The Hall–Kier alpha value is -2.70. The summed E-state index contributed by atoms with van der Waals surface area (Å²) in [6.07, 6.45) is 0.819. The molecule has 1 saturated heterocycles. The molecule has 2 amide bonds. The van der Waals surface area contributed by atoms with E-state index in [1.165, 1.54) is 0 Å². The number of hydrogen-bond acceptors (Lipinski definition) is 4. The van der Waals surface area contributed by atoms with Crippen molar-refractivity contribution in [3.05, 3.63) is 40.3 Å². The van der Waals surface area contributed by atoms with Gasteiger partial charge in [-0.3, -0.25) is 14.4 Å². The minimum atomic E-state index is -0.260. The highest BCUT2D eigenvalue weighted by atomic mass is 16.2. The topological polar surface area (TPSA) is 95.2 Å². The molecule has 2 heterocycles. The second-order valence-corrected chi connectivity index (χ2v) is 5.51. The van der Waals surface area contributed by atoms with Crippen molar-refractivity contribution in [2.45, 2.75) is 19.3 Å². The summed E-state index contributed by atoms with van der Waals surface area (Å²) in [4.78, 5) is 44.4. The summed E-state index contributed by atoms with van der Waals surface area (Å²) in [5.41, 5.74) is 1.49. The predicted octanol–water partition coefficient (Wildman–Crippen LogP) is 0.204. The Labute approximate surface area is 132 Å². The number of aromatic amines is 1. The van der Waals surface area contributed by atoms with E-state index in [-0.39, 0.29) is 30.2 Å². The largest absolute Gasteiger partial charge is 0.354 e. The van der Waals surface area contributed by atoms with Crippen molar-refractivity contribution < 1.29 is 9.59 Å². The lowest BCUT2D eigenvalue weighted by molar-refractivity contribution is -0.131. The SMILES string of the molecule is O=C1CCN(C(=O)CCc2nc3ccccc3[nH]c2=O)CCN1. The van der Waals surface area contributed by atoms with Crippen molar-refractivity contribution in [3.63, 3.8) is 0 Å². The Morgan fingerprint density at radius 1 is 1.22 bits per heavy atom. The number of carbonyl (C=O) groups is 2. The molecule has 0 saturated carbocycles. The van der Waals surface area contributed by atoms with Crippen molar-refractivity contribution in [3.8, 4) is 0 Å². The number of H-pyrrole nitrogens is 1. The maximum atomic E-state index is 12.3. The first kappa shape index (κ1) is 15.2. The van der Waals surface area contributed by atoms with E-state index in [4.69, 9.17) is 0 Å². The van der Waals surface area contributed by atoms with Crippen LogP contribution in [0.4, 0.5) is 0 Å². The predicted molar refractivity (Wildman–Crippen MR) is 84.9 cm³/mol. The van der Waals surface area contributed by atoms with Crippen LogP contribution in [0.25, 0.3) is 11.0 Å². The Bertz CT molecular complexity index is 799. The smallest absolute Gasteiger partial charge is 0.270 e. The number of carbonyl (C=O) groups excluding carboxylic acids is 2. The fraction of sp³-hybridized carbons (Fsp3) is 0.375. The summed E-state index contributed by atoms with van der Waals surface area (Å²) in [6.45, 7) is 1.40. The highest BCUT2D eigenvalue weighted by Crippen LogP contribution is 2.08. The van der Waals surface area contributed by atoms with E-state index in [1.54, 1.807) is 11.0 Å². The lowest BCUT2D eigenvalue weighted by Gasteiger charge is -2.19. The number of para-hydroxylation sites is 2. The van der Waals surface area contributed by atoms with Gasteiger partial charge in [0.25, 0.3) is 5.56 Å². The molecular formula is C16H18N4O3. The molecule has 2 N–H and O–H groups in total. The van der Waals surface area contributed by atoms with E-state index >= 15 is 0 Å². The van der Waals surface area contributed by atoms with Crippen LogP contribution >= 0.6 is 0 Å². The molecule has 7 nitrogen and oxygen atoms in total. The number of benzene rings is 1. The summed E-state index contributed by atoms with van der Waals surface area (Å²) in [7, 11) is 0. The summed E-state index contributed by atoms with van der Waals surface area (Å²) in [5.74, 6) is -0.0937. The van der Waals surface area contributed by atoms with Crippen LogP contribution in [0.5, 0.6) is 0 Å². The number of aromatic nitrogens is 2.